The van der Waals surface area contributed by atoms with Crippen LogP contribution in [0.3, 0.4) is 0 Å². The molecule has 0 saturated carbocycles. The summed E-state index contributed by atoms with van der Waals surface area (Å²) in [7, 11) is 1.63. The Labute approximate surface area is 159 Å². The lowest BCUT2D eigenvalue weighted by molar-refractivity contribution is -0.167. The quantitative estimate of drug-likeness (QED) is 0.748. The molecule has 0 aliphatic carbocycles. The van der Waals surface area contributed by atoms with Gasteiger partial charge in [0.25, 0.3) is 5.91 Å². The van der Waals surface area contributed by atoms with Crippen molar-refractivity contribution in [2.75, 3.05) is 46.4 Å². The summed E-state index contributed by atoms with van der Waals surface area (Å²) in [5, 5.41) is 0. The van der Waals surface area contributed by atoms with Crippen LogP contribution in [0.25, 0.3) is 0 Å². The van der Waals surface area contributed by atoms with Crippen molar-refractivity contribution >= 4 is 11.8 Å². The highest BCUT2D eigenvalue weighted by molar-refractivity contribution is 5.86. The summed E-state index contributed by atoms with van der Waals surface area (Å²) >= 11 is 0. The van der Waals surface area contributed by atoms with E-state index in [1.165, 1.54) is 17.0 Å². The normalized spacial score (nSPS) is 24.6. The summed E-state index contributed by atoms with van der Waals surface area (Å²) in [6, 6.07) is 5.37. The van der Waals surface area contributed by atoms with Crippen molar-refractivity contribution in [2.45, 2.75) is 18.6 Å². The minimum absolute atomic E-state index is 0.144. The highest BCUT2D eigenvalue weighted by atomic mass is 19.1. The molecule has 1 aromatic rings. The van der Waals surface area contributed by atoms with Gasteiger partial charge < -0.3 is 14.5 Å². The van der Waals surface area contributed by atoms with Gasteiger partial charge in [0.1, 0.15) is 12.4 Å². The third-order valence-corrected chi connectivity index (χ3v) is 5.20. The Balaban J connectivity index is 1.80. The number of ether oxygens (including phenoxy) is 1. The number of benzene rings is 1. The first-order chi connectivity index (χ1) is 13.0. The van der Waals surface area contributed by atoms with Gasteiger partial charge in [0.2, 0.25) is 5.91 Å². The molecule has 0 aromatic heterocycles. The maximum absolute atomic E-state index is 13.7. The molecule has 2 fully saturated rings. The molecule has 2 saturated heterocycles. The molecule has 27 heavy (non-hydrogen) atoms. The second kappa shape index (κ2) is 8.63. The number of morpholine rings is 1. The molecule has 6 nitrogen and oxygen atoms in total. The molecule has 0 spiro atoms. The van der Waals surface area contributed by atoms with E-state index in [9.17, 15) is 14.0 Å². The summed E-state index contributed by atoms with van der Waals surface area (Å²) in [6.45, 7) is 7.34. The minimum Gasteiger partial charge on any atom is -0.356 e. The van der Waals surface area contributed by atoms with Crippen molar-refractivity contribution in [2.24, 2.45) is 0 Å². The summed E-state index contributed by atoms with van der Waals surface area (Å²) in [5.74, 6) is -0.773. The molecule has 7 heteroatoms. The number of rotatable bonds is 4. The van der Waals surface area contributed by atoms with Gasteiger partial charge in [-0.1, -0.05) is 18.2 Å². The first-order valence-corrected chi connectivity index (χ1v) is 9.26. The van der Waals surface area contributed by atoms with Crippen molar-refractivity contribution in [3.63, 3.8) is 0 Å². The predicted molar refractivity (Wildman–Crippen MR) is 99.5 cm³/mol. The van der Waals surface area contributed by atoms with E-state index in [1.807, 2.05) is 6.08 Å². The van der Waals surface area contributed by atoms with Crippen LogP contribution in [0, 0.1) is 5.82 Å². The van der Waals surface area contributed by atoms with Crippen LogP contribution in [-0.4, -0.2) is 79.0 Å². The van der Waals surface area contributed by atoms with Gasteiger partial charge >= 0.3 is 0 Å². The van der Waals surface area contributed by atoms with Crippen molar-refractivity contribution in [3.05, 3.63) is 48.3 Å². The zero-order valence-corrected chi connectivity index (χ0v) is 15.6. The van der Waals surface area contributed by atoms with E-state index in [-0.39, 0.29) is 18.4 Å². The number of halogens is 1. The Morgan fingerprint density at radius 3 is 2.89 bits per heavy atom. The molecular formula is C20H26FN3O3. The minimum atomic E-state index is -0.833. The molecule has 146 valence electrons. The number of hydrogen-bond donors (Lipinski definition) is 0. The highest BCUT2D eigenvalue weighted by Crippen LogP contribution is 2.30. The van der Waals surface area contributed by atoms with E-state index in [0.717, 1.165) is 26.1 Å². The van der Waals surface area contributed by atoms with Crippen molar-refractivity contribution in [1.82, 2.24) is 14.7 Å². The molecule has 2 unspecified atom stereocenters. The van der Waals surface area contributed by atoms with E-state index < -0.39 is 18.0 Å². The fourth-order valence-electron chi connectivity index (χ4n) is 3.74. The van der Waals surface area contributed by atoms with E-state index in [0.29, 0.717) is 18.7 Å². The van der Waals surface area contributed by atoms with Gasteiger partial charge in [-0.2, -0.15) is 0 Å². The van der Waals surface area contributed by atoms with Gasteiger partial charge in [0, 0.05) is 39.8 Å². The Bertz CT molecular complexity index is 711. The van der Waals surface area contributed by atoms with Gasteiger partial charge in [-0.05, 0) is 24.1 Å². The number of hydrogen-bond acceptors (Lipinski definition) is 4. The van der Waals surface area contributed by atoms with Crippen LogP contribution in [0.5, 0.6) is 0 Å². The maximum Gasteiger partial charge on any atom is 0.254 e. The predicted octanol–water partition coefficient (Wildman–Crippen LogP) is 1.44. The Kier molecular flexibility index (Phi) is 6.23. The molecule has 2 amide bonds. The topological polar surface area (TPSA) is 53.1 Å². The first kappa shape index (κ1) is 19.5. The van der Waals surface area contributed by atoms with Gasteiger partial charge in [0.15, 0.2) is 6.10 Å². The zero-order valence-electron chi connectivity index (χ0n) is 15.6. The number of likely N-dealkylation sites (N-methyl/N-ethyl adjacent to an activating group) is 1. The monoisotopic (exact) mass is 375 g/mol. The summed E-state index contributed by atoms with van der Waals surface area (Å²) in [5.41, 5.74) is 0.562. The molecule has 2 atom stereocenters. The lowest BCUT2D eigenvalue weighted by Gasteiger charge is -2.40. The fraction of sp³-hybridized carbons (Fsp3) is 0.500. The molecular weight excluding hydrogens is 349 g/mol. The van der Waals surface area contributed by atoms with Gasteiger partial charge in [-0.3, -0.25) is 14.5 Å². The molecule has 0 radical (unpaired) electrons. The maximum atomic E-state index is 13.7. The summed E-state index contributed by atoms with van der Waals surface area (Å²) in [4.78, 5) is 30.9. The van der Waals surface area contributed by atoms with Crippen LogP contribution in [-0.2, 0) is 14.3 Å². The average Bonchev–Trinajstić information content (AvgIpc) is 2.89. The SMILES string of the molecule is C=CCN1CCCN(C(=O)C2OCC(=O)N(C)C2c2cccc(F)c2)CC1. The Morgan fingerprint density at radius 2 is 2.15 bits per heavy atom. The standard InChI is InChI=1S/C20H26FN3O3/c1-3-8-23-9-5-10-24(12-11-23)20(26)19-18(22(2)17(25)14-27-19)15-6-4-7-16(21)13-15/h3-4,6-7,13,18-19H,1,5,8-12,14H2,2H3. The molecule has 2 aliphatic rings. The van der Waals surface area contributed by atoms with Crippen molar-refractivity contribution in [1.29, 1.82) is 0 Å². The zero-order chi connectivity index (χ0) is 19.4. The van der Waals surface area contributed by atoms with Gasteiger partial charge in [-0.25, -0.2) is 4.39 Å². The third kappa shape index (κ3) is 4.36. The smallest absolute Gasteiger partial charge is 0.254 e. The lowest BCUT2D eigenvalue weighted by Crippen LogP contribution is -2.54. The number of amides is 2. The molecule has 0 bridgehead atoms. The second-order valence-electron chi connectivity index (χ2n) is 7.00. The van der Waals surface area contributed by atoms with Crippen molar-refractivity contribution in [3.8, 4) is 0 Å². The number of carbonyl (C=O) groups excluding carboxylic acids is 2. The molecule has 1 aromatic carbocycles. The van der Waals surface area contributed by atoms with E-state index in [4.69, 9.17) is 4.74 Å². The van der Waals surface area contributed by atoms with Gasteiger partial charge in [-0.15, -0.1) is 6.58 Å². The molecule has 0 N–H and O–H groups in total. The summed E-state index contributed by atoms with van der Waals surface area (Å²) in [6.07, 6.45) is 1.90. The third-order valence-electron chi connectivity index (χ3n) is 5.20. The first-order valence-electron chi connectivity index (χ1n) is 9.26. The van der Waals surface area contributed by atoms with Crippen LogP contribution >= 0.6 is 0 Å². The van der Waals surface area contributed by atoms with Crippen LogP contribution in [0.2, 0.25) is 0 Å². The highest BCUT2D eigenvalue weighted by Gasteiger charge is 2.42. The second-order valence-corrected chi connectivity index (χ2v) is 7.00. The largest absolute Gasteiger partial charge is 0.356 e. The van der Waals surface area contributed by atoms with E-state index in [2.05, 4.69) is 11.5 Å². The van der Waals surface area contributed by atoms with Crippen molar-refractivity contribution < 1.29 is 18.7 Å². The van der Waals surface area contributed by atoms with Crippen LogP contribution < -0.4 is 0 Å². The Morgan fingerprint density at radius 1 is 1.33 bits per heavy atom. The molecule has 2 heterocycles. The van der Waals surface area contributed by atoms with Crippen LogP contribution in [0.4, 0.5) is 4.39 Å². The molecule has 2 aliphatic heterocycles. The lowest BCUT2D eigenvalue weighted by atomic mass is 9.97. The average molecular weight is 375 g/mol. The Hall–Kier alpha value is -2.25. The van der Waals surface area contributed by atoms with E-state index in [1.54, 1.807) is 24.1 Å². The van der Waals surface area contributed by atoms with Gasteiger partial charge in [0.05, 0.1) is 6.04 Å². The number of nitrogens with zero attached hydrogens (tertiary/aromatic N) is 3. The molecule has 3 rings (SSSR count). The van der Waals surface area contributed by atoms with Crippen LogP contribution in [0.15, 0.2) is 36.9 Å². The van der Waals surface area contributed by atoms with E-state index >= 15 is 0 Å². The summed E-state index contributed by atoms with van der Waals surface area (Å²) < 4.78 is 19.4. The van der Waals surface area contributed by atoms with Crippen LogP contribution in [0.1, 0.15) is 18.0 Å². The fourth-order valence-corrected chi connectivity index (χ4v) is 3.74. The number of carbonyl (C=O) groups is 2.